The predicted molar refractivity (Wildman–Crippen MR) is 131 cm³/mol. The van der Waals surface area contributed by atoms with E-state index in [-0.39, 0.29) is 34.3 Å². The van der Waals surface area contributed by atoms with Crippen LogP contribution in [-0.4, -0.2) is 48.3 Å². The number of carbonyl (C=O) groups is 4. The maximum absolute atomic E-state index is 13.9. The van der Waals surface area contributed by atoms with Gasteiger partial charge >= 0.3 is 5.97 Å². The lowest BCUT2D eigenvalue weighted by molar-refractivity contribution is -0.143. The summed E-state index contributed by atoms with van der Waals surface area (Å²) >= 11 is 0.665. The van der Waals surface area contributed by atoms with Crippen LogP contribution in [0.4, 0.5) is 11.4 Å². The molecule has 0 saturated heterocycles. The molecule has 3 rings (SSSR count). The van der Waals surface area contributed by atoms with Gasteiger partial charge in [-0.15, -0.1) is 0 Å². The van der Waals surface area contributed by atoms with Crippen molar-refractivity contribution in [2.75, 3.05) is 30.9 Å². The number of rotatable bonds is 10. The molecule has 190 valence electrons. The summed E-state index contributed by atoms with van der Waals surface area (Å²) < 4.78 is 19.8. The minimum Gasteiger partial charge on any atom is -0.497 e. The summed E-state index contributed by atoms with van der Waals surface area (Å²) in [5, 5.41) is 2.48. The van der Waals surface area contributed by atoms with E-state index in [0.717, 1.165) is 4.90 Å². The van der Waals surface area contributed by atoms with Gasteiger partial charge in [0.1, 0.15) is 28.7 Å². The highest BCUT2D eigenvalue weighted by molar-refractivity contribution is 7.09. The topological polar surface area (TPSA) is 180 Å². The first-order chi connectivity index (χ1) is 17.2. The van der Waals surface area contributed by atoms with Crippen LogP contribution >= 0.6 is 11.5 Å². The molecule has 13 heteroatoms. The van der Waals surface area contributed by atoms with Crippen LogP contribution in [-0.2, 0) is 14.3 Å². The van der Waals surface area contributed by atoms with Crippen LogP contribution in [0.25, 0.3) is 0 Å². The Kier molecular flexibility index (Phi) is 8.27. The summed E-state index contributed by atoms with van der Waals surface area (Å²) in [6.07, 6.45) is 0. The van der Waals surface area contributed by atoms with Crippen molar-refractivity contribution in [1.82, 2.24) is 9.69 Å². The molecule has 2 aromatic heterocycles. The molecule has 5 N–H and O–H groups in total. The van der Waals surface area contributed by atoms with E-state index < -0.39 is 36.3 Å². The molecule has 2 heterocycles. The van der Waals surface area contributed by atoms with Gasteiger partial charge in [-0.3, -0.25) is 24.1 Å². The zero-order valence-corrected chi connectivity index (χ0v) is 20.6. The second kappa shape index (κ2) is 11.4. The van der Waals surface area contributed by atoms with E-state index in [0.29, 0.717) is 23.0 Å². The van der Waals surface area contributed by atoms with Gasteiger partial charge in [-0.05, 0) is 49.6 Å². The fourth-order valence-electron chi connectivity index (χ4n) is 3.32. The molecule has 0 saturated carbocycles. The maximum Gasteiger partial charge on any atom is 0.325 e. The number of nitrogen functional groups attached to an aromatic ring is 1. The summed E-state index contributed by atoms with van der Waals surface area (Å²) in [4.78, 5) is 51.9. The van der Waals surface area contributed by atoms with Gasteiger partial charge in [-0.2, -0.15) is 4.37 Å². The molecule has 36 heavy (non-hydrogen) atoms. The van der Waals surface area contributed by atoms with E-state index in [1.54, 1.807) is 38.1 Å². The van der Waals surface area contributed by atoms with Crippen LogP contribution in [0.5, 0.6) is 5.75 Å². The van der Waals surface area contributed by atoms with Crippen molar-refractivity contribution in [2.24, 2.45) is 5.73 Å². The van der Waals surface area contributed by atoms with Crippen LogP contribution in [0.3, 0.4) is 0 Å². The van der Waals surface area contributed by atoms with Crippen molar-refractivity contribution in [3.63, 3.8) is 0 Å². The SMILES string of the molecule is CCOC(=O)CNC(=O)[C@H](c1ccc(C)o1)N(C(=O)c1snc(C(N)=O)c1N)c1cccc(OC)c1. The van der Waals surface area contributed by atoms with Crippen LogP contribution in [0.15, 0.2) is 40.8 Å². The van der Waals surface area contributed by atoms with Crippen molar-refractivity contribution in [3.8, 4) is 5.75 Å². The first kappa shape index (κ1) is 26.2. The van der Waals surface area contributed by atoms with Gasteiger partial charge in [-0.25, -0.2) is 0 Å². The number of amides is 3. The van der Waals surface area contributed by atoms with E-state index in [1.807, 2.05) is 0 Å². The number of ether oxygens (including phenoxy) is 2. The number of aryl methyl sites for hydroxylation is 1. The Balaban J connectivity index is 2.15. The smallest absolute Gasteiger partial charge is 0.325 e. The Hall–Kier alpha value is -4.39. The van der Waals surface area contributed by atoms with Gasteiger partial charge in [0.25, 0.3) is 17.7 Å². The Labute approximate surface area is 210 Å². The first-order valence-corrected chi connectivity index (χ1v) is 11.5. The predicted octanol–water partition coefficient (Wildman–Crippen LogP) is 1.80. The van der Waals surface area contributed by atoms with Gasteiger partial charge in [0.15, 0.2) is 11.7 Å². The largest absolute Gasteiger partial charge is 0.497 e. The number of nitrogens with one attached hydrogen (secondary N) is 1. The third kappa shape index (κ3) is 5.63. The summed E-state index contributed by atoms with van der Waals surface area (Å²) in [6.45, 7) is 3.01. The molecule has 0 unspecified atom stereocenters. The average Bonchev–Trinajstić information content (AvgIpc) is 3.46. The highest BCUT2D eigenvalue weighted by atomic mass is 32.1. The fraction of sp³-hybridized carbons (Fsp3) is 0.261. The van der Waals surface area contributed by atoms with Crippen molar-refractivity contribution in [2.45, 2.75) is 19.9 Å². The molecule has 0 spiro atoms. The number of esters is 1. The number of primary amides is 1. The number of aromatic nitrogens is 1. The molecule has 0 aliphatic heterocycles. The van der Waals surface area contributed by atoms with Crippen molar-refractivity contribution in [1.29, 1.82) is 0 Å². The van der Waals surface area contributed by atoms with Crippen LogP contribution in [0.1, 0.15) is 44.6 Å². The Morgan fingerprint density at radius 1 is 1.22 bits per heavy atom. The van der Waals surface area contributed by atoms with Crippen molar-refractivity contribution >= 4 is 46.6 Å². The number of nitrogens with zero attached hydrogens (tertiary/aromatic N) is 2. The molecule has 3 amide bonds. The van der Waals surface area contributed by atoms with Crippen LogP contribution < -0.4 is 26.4 Å². The number of methoxy groups -OCH3 is 1. The molecule has 0 fully saturated rings. The Bertz CT molecular complexity index is 1290. The molecule has 1 atom stereocenters. The molecular formula is C23H25N5O7S. The average molecular weight is 516 g/mol. The highest BCUT2D eigenvalue weighted by Crippen LogP contribution is 2.35. The van der Waals surface area contributed by atoms with Crippen molar-refractivity contribution < 1.29 is 33.1 Å². The van der Waals surface area contributed by atoms with Crippen LogP contribution in [0, 0.1) is 6.92 Å². The van der Waals surface area contributed by atoms with E-state index in [1.165, 1.54) is 19.2 Å². The highest BCUT2D eigenvalue weighted by Gasteiger charge is 2.38. The summed E-state index contributed by atoms with van der Waals surface area (Å²) in [5.41, 5.74) is 11.1. The molecule has 1 aromatic carbocycles. The van der Waals surface area contributed by atoms with E-state index in [4.69, 9.17) is 25.4 Å². The lowest BCUT2D eigenvalue weighted by Gasteiger charge is -2.29. The number of benzene rings is 1. The third-order valence-electron chi connectivity index (χ3n) is 4.96. The van der Waals surface area contributed by atoms with Gasteiger partial charge < -0.3 is 30.7 Å². The van der Waals surface area contributed by atoms with Gasteiger partial charge in [-0.1, -0.05) is 6.07 Å². The molecule has 0 radical (unpaired) electrons. The zero-order chi connectivity index (χ0) is 26.4. The summed E-state index contributed by atoms with van der Waals surface area (Å²) in [6, 6.07) is 8.17. The van der Waals surface area contributed by atoms with E-state index in [2.05, 4.69) is 9.69 Å². The van der Waals surface area contributed by atoms with E-state index >= 15 is 0 Å². The monoisotopic (exact) mass is 515 g/mol. The van der Waals surface area contributed by atoms with Gasteiger partial charge in [0, 0.05) is 11.8 Å². The standard InChI is InChI=1S/C23H25N5O7S/c1-4-34-16(29)11-26-22(31)19(15-9-8-12(2)35-15)28(13-6-5-7-14(10-13)33-3)23(32)20-17(24)18(21(25)30)27-36-20/h5-10,19H,4,11,24H2,1-3H3,(H2,25,30)(H,26,31)/t19-/m0/s1. The second-order valence-corrected chi connectivity index (χ2v) is 8.16. The molecule has 0 aliphatic rings. The molecule has 12 nitrogen and oxygen atoms in total. The number of carbonyl (C=O) groups excluding carboxylic acids is 4. The Morgan fingerprint density at radius 3 is 2.56 bits per heavy atom. The Morgan fingerprint density at radius 2 is 1.97 bits per heavy atom. The van der Waals surface area contributed by atoms with E-state index in [9.17, 15) is 19.2 Å². The zero-order valence-electron chi connectivity index (χ0n) is 19.8. The lowest BCUT2D eigenvalue weighted by atomic mass is 10.1. The quantitative estimate of drug-likeness (QED) is 0.339. The third-order valence-corrected chi connectivity index (χ3v) is 5.81. The van der Waals surface area contributed by atoms with Crippen molar-refractivity contribution in [3.05, 3.63) is 58.5 Å². The second-order valence-electron chi connectivity index (χ2n) is 7.39. The first-order valence-electron chi connectivity index (χ1n) is 10.7. The number of furan rings is 1. The number of anilines is 2. The van der Waals surface area contributed by atoms with Gasteiger partial charge in [0.2, 0.25) is 0 Å². The molecular weight excluding hydrogens is 490 g/mol. The minimum atomic E-state index is -1.38. The lowest BCUT2D eigenvalue weighted by Crippen LogP contribution is -2.45. The minimum absolute atomic E-state index is 0.113. The number of hydrogen-bond donors (Lipinski definition) is 3. The molecule has 3 aromatic rings. The number of hydrogen-bond acceptors (Lipinski definition) is 10. The summed E-state index contributed by atoms with van der Waals surface area (Å²) in [5.74, 6) is -2.04. The fourth-order valence-corrected chi connectivity index (χ4v) is 4.07. The maximum atomic E-state index is 13.9. The number of nitrogens with two attached hydrogens (primary N) is 2. The molecule has 0 aliphatic carbocycles. The normalized spacial score (nSPS) is 11.4. The van der Waals surface area contributed by atoms with Gasteiger partial charge in [0.05, 0.1) is 19.4 Å². The molecule has 0 bridgehead atoms. The van der Waals surface area contributed by atoms with Crippen LogP contribution in [0.2, 0.25) is 0 Å². The summed E-state index contributed by atoms with van der Waals surface area (Å²) in [7, 11) is 1.45.